The van der Waals surface area contributed by atoms with E-state index in [0.29, 0.717) is 0 Å². The normalized spacial score (nSPS) is 23.6. The average Bonchev–Trinajstić information content (AvgIpc) is 3.31. The number of anilines is 1. The molecule has 0 N–H and O–H groups in total. The second-order valence-corrected chi connectivity index (χ2v) is 8.37. The number of piperazine rings is 1. The van der Waals surface area contributed by atoms with E-state index in [1.807, 2.05) is 6.07 Å². The number of carbonyl (C=O) groups excluding carboxylic acids is 1. The van der Waals surface area contributed by atoms with Crippen LogP contribution in [0, 0.1) is 11.3 Å². The van der Waals surface area contributed by atoms with Crippen LogP contribution in [-0.2, 0) is 10.9 Å². The number of pyridine rings is 1. The van der Waals surface area contributed by atoms with Crippen LogP contribution >= 0.6 is 0 Å². The molecule has 3 aromatic heterocycles. The lowest BCUT2D eigenvalue weighted by molar-refractivity contribution is -0.136. The van der Waals surface area contributed by atoms with Crippen molar-refractivity contribution in [3.63, 3.8) is 0 Å². The summed E-state index contributed by atoms with van der Waals surface area (Å²) in [6.07, 6.45) is -3.32. The fourth-order valence-corrected chi connectivity index (χ4v) is 4.14. The highest BCUT2D eigenvalue weighted by Crippen LogP contribution is 2.41. The molecule has 1 amide bonds. The Hall–Kier alpha value is -3.88. The van der Waals surface area contributed by atoms with Gasteiger partial charge in [-0.3, -0.25) is 4.57 Å². The quantitative estimate of drug-likeness (QED) is 0.499. The molecule has 1 aliphatic heterocycles. The van der Waals surface area contributed by atoms with Crippen molar-refractivity contribution in [2.45, 2.75) is 58.3 Å². The first-order valence-electron chi connectivity index (χ1n) is 15.1. The van der Waals surface area contributed by atoms with Crippen LogP contribution in [0.5, 0.6) is 0 Å². The number of ether oxygens (including phenoxy) is 1. The van der Waals surface area contributed by atoms with E-state index in [2.05, 4.69) is 15.0 Å². The second kappa shape index (κ2) is 8.96. The van der Waals surface area contributed by atoms with Crippen molar-refractivity contribution in [1.29, 1.82) is 5.26 Å². The van der Waals surface area contributed by atoms with Gasteiger partial charge in [0.2, 0.25) is 0 Å². The minimum absolute atomic E-state index is 0.00515. The molecule has 1 aliphatic rings. The summed E-state index contributed by atoms with van der Waals surface area (Å²) >= 11 is 0. The molecule has 0 aliphatic carbocycles. The van der Waals surface area contributed by atoms with Crippen LogP contribution < -0.4 is 4.90 Å². The number of carbonyl (C=O) groups is 1. The number of hydrogen-bond acceptors (Lipinski definition) is 7. The fraction of sp³-hybridized carbons (Fsp3) is 0.458. The van der Waals surface area contributed by atoms with Gasteiger partial charge in [-0.1, -0.05) is 0 Å². The predicted octanol–water partition coefficient (Wildman–Crippen LogP) is 4.54. The number of rotatable bonds is 2. The highest BCUT2D eigenvalue weighted by Gasteiger charge is 2.40. The van der Waals surface area contributed by atoms with Crippen molar-refractivity contribution in [2.24, 2.45) is 0 Å². The fourth-order valence-electron chi connectivity index (χ4n) is 4.14. The van der Waals surface area contributed by atoms with Crippen molar-refractivity contribution >= 4 is 22.9 Å². The van der Waals surface area contributed by atoms with Crippen molar-refractivity contribution in [1.82, 2.24) is 24.4 Å². The predicted molar refractivity (Wildman–Crippen MR) is 126 cm³/mol. The zero-order valence-corrected chi connectivity index (χ0v) is 19.0. The molecule has 0 aromatic carbocycles. The molecule has 190 valence electrons. The van der Waals surface area contributed by atoms with Crippen LogP contribution in [0.15, 0.2) is 30.9 Å². The number of alkyl halides is 3. The topological polar surface area (TPSA) is 100 Å². The van der Waals surface area contributed by atoms with Gasteiger partial charge in [0.25, 0.3) is 0 Å². The summed E-state index contributed by atoms with van der Waals surface area (Å²) in [7, 11) is 0. The monoisotopic (exact) mass is 510 g/mol. The Morgan fingerprint density at radius 3 is 2.61 bits per heavy atom. The number of nitrogens with zero attached hydrogens (tertiary/aromatic N) is 7. The van der Waals surface area contributed by atoms with Crippen LogP contribution in [0.25, 0.3) is 16.9 Å². The van der Waals surface area contributed by atoms with Crippen LogP contribution in [0.4, 0.5) is 23.8 Å². The maximum Gasteiger partial charge on any atom is 0.418 e. The smallest absolute Gasteiger partial charge is 0.418 e. The first-order chi connectivity index (χ1) is 20.5. The lowest BCUT2D eigenvalue weighted by Gasteiger charge is -2.44. The van der Waals surface area contributed by atoms with Crippen molar-refractivity contribution < 1.29 is 35.0 Å². The van der Waals surface area contributed by atoms with Gasteiger partial charge >= 0.3 is 12.3 Å². The van der Waals surface area contributed by atoms with E-state index in [4.69, 9.17) is 17.1 Å². The van der Waals surface area contributed by atoms with Gasteiger partial charge in [0.05, 0.1) is 22.6 Å². The lowest BCUT2D eigenvalue weighted by Crippen LogP contribution is -2.59. The highest BCUT2D eigenvalue weighted by atomic mass is 19.4. The molecule has 0 saturated carbocycles. The summed E-state index contributed by atoms with van der Waals surface area (Å²) in [6, 6.07) is 2.79. The first-order valence-corrected chi connectivity index (χ1v) is 10.6. The summed E-state index contributed by atoms with van der Waals surface area (Å²) < 4.78 is 118. The molecule has 1 saturated heterocycles. The average molecular weight is 511 g/mol. The van der Waals surface area contributed by atoms with Crippen LogP contribution in [0.2, 0.25) is 0 Å². The molecule has 0 unspecified atom stereocenters. The molecule has 1 fully saturated rings. The SMILES string of the molecule is [2H]C([2H])([2H])C(OC(=O)N1C[C@@H](C)N(c2ncnc3c2c(C(F)(F)F)cn3-c2cc(C#N)ccn2)C[C@H]1C)(C([2H])([2H])[2H])C([2H])([2H])[2H]. The molecule has 4 heterocycles. The number of nitriles is 1. The summed E-state index contributed by atoms with van der Waals surface area (Å²) in [6.45, 7) is -8.94. The maximum atomic E-state index is 14.4. The maximum absolute atomic E-state index is 14.4. The largest absolute Gasteiger partial charge is 0.444 e. The zero-order valence-electron chi connectivity index (χ0n) is 28.0. The third kappa shape index (κ3) is 4.78. The van der Waals surface area contributed by atoms with E-state index in [1.165, 1.54) is 37.1 Å². The Labute approximate surface area is 218 Å². The van der Waals surface area contributed by atoms with E-state index in [0.717, 1.165) is 22.0 Å². The number of halogens is 3. The Morgan fingerprint density at radius 1 is 1.19 bits per heavy atom. The van der Waals surface area contributed by atoms with Crippen LogP contribution in [0.1, 0.15) is 57.9 Å². The molecule has 4 rings (SSSR count). The number of amides is 1. The Balaban J connectivity index is 1.75. The Kier molecular flexibility index (Phi) is 3.98. The van der Waals surface area contributed by atoms with E-state index in [9.17, 15) is 23.2 Å². The van der Waals surface area contributed by atoms with E-state index in [-0.39, 0.29) is 35.9 Å². The van der Waals surface area contributed by atoms with Crippen molar-refractivity contribution in [2.75, 3.05) is 18.0 Å². The molecule has 0 bridgehead atoms. The third-order valence-electron chi connectivity index (χ3n) is 5.72. The molecule has 2 atom stereocenters. The summed E-state index contributed by atoms with van der Waals surface area (Å²) in [5.41, 5.74) is -4.98. The van der Waals surface area contributed by atoms with Gasteiger partial charge in [-0.25, -0.2) is 19.7 Å². The van der Waals surface area contributed by atoms with Gasteiger partial charge in [-0.15, -0.1) is 0 Å². The van der Waals surface area contributed by atoms with Gasteiger partial charge in [-0.05, 0) is 46.5 Å². The molecular formula is C24H26F3N7O2. The number of hydrogen-bond donors (Lipinski definition) is 0. The number of fused-ring (bicyclic) bond motifs is 1. The summed E-state index contributed by atoms with van der Waals surface area (Å²) in [5, 5.41) is 8.85. The first kappa shape index (κ1) is 16.0. The van der Waals surface area contributed by atoms with Crippen molar-refractivity contribution in [3.05, 3.63) is 42.0 Å². The van der Waals surface area contributed by atoms with Gasteiger partial charge in [-0.2, -0.15) is 18.4 Å². The minimum Gasteiger partial charge on any atom is -0.444 e. The standard InChI is InChI=1S/C24H26F3N7O2/c1-14-11-33(22(35)36-23(3,4)5)15(2)10-32(14)20-19-17(24(25,26)27)12-34(21(19)31-13-30-20)18-8-16(9-28)6-7-29-18/h6-8,12-15H,10-11H2,1-5H3/t14-,15-/m1/s1/i3D3,4D3,5D3. The molecule has 0 radical (unpaired) electrons. The van der Waals surface area contributed by atoms with Gasteiger partial charge in [0.15, 0.2) is 5.65 Å². The Bertz CT molecular complexity index is 1610. The molecular weight excluding hydrogens is 475 g/mol. The summed E-state index contributed by atoms with van der Waals surface area (Å²) in [5.74, 6) is -0.161. The summed E-state index contributed by atoms with van der Waals surface area (Å²) in [4.78, 5) is 27.9. The van der Waals surface area contributed by atoms with E-state index >= 15 is 0 Å². The van der Waals surface area contributed by atoms with Gasteiger partial charge in [0, 0.05) is 49.9 Å². The molecule has 0 spiro atoms. The zero-order chi connectivity index (χ0) is 33.9. The highest BCUT2D eigenvalue weighted by molar-refractivity contribution is 5.93. The van der Waals surface area contributed by atoms with Crippen LogP contribution in [-0.4, -0.2) is 61.3 Å². The molecule has 9 nitrogen and oxygen atoms in total. The van der Waals surface area contributed by atoms with E-state index in [1.54, 1.807) is 0 Å². The molecule has 3 aromatic rings. The van der Waals surface area contributed by atoms with E-state index < -0.39 is 61.5 Å². The number of aromatic nitrogens is 4. The molecule has 12 heteroatoms. The van der Waals surface area contributed by atoms with Crippen LogP contribution in [0.3, 0.4) is 0 Å². The van der Waals surface area contributed by atoms with Gasteiger partial charge in [0.1, 0.15) is 23.6 Å². The van der Waals surface area contributed by atoms with Crippen molar-refractivity contribution in [3.8, 4) is 11.9 Å². The third-order valence-corrected chi connectivity index (χ3v) is 5.72. The lowest BCUT2D eigenvalue weighted by atomic mass is 10.1. The Morgan fingerprint density at radius 2 is 1.94 bits per heavy atom. The minimum atomic E-state index is -4.88. The second-order valence-electron chi connectivity index (χ2n) is 8.37. The van der Waals surface area contributed by atoms with Gasteiger partial charge < -0.3 is 14.5 Å². The molecule has 36 heavy (non-hydrogen) atoms.